The second kappa shape index (κ2) is 16.1. The number of aliphatic hydroxyl groups excluding tert-OH is 1. The second-order valence-corrected chi connectivity index (χ2v) is 9.09. The molecule has 0 heterocycles. The van der Waals surface area contributed by atoms with Crippen LogP contribution in [0.4, 0.5) is 22.0 Å². The quantitative estimate of drug-likeness (QED) is 0.0652. The minimum absolute atomic E-state index is 0.136. The third kappa shape index (κ3) is 12.4. The van der Waals surface area contributed by atoms with E-state index in [1.807, 2.05) is 0 Å². The van der Waals surface area contributed by atoms with Crippen LogP contribution in [-0.2, 0) is 16.1 Å². The number of hydrazine groups is 2. The lowest BCUT2D eigenvalue weighted by molar-refractivity contribution is -0.274. The molecule has 12 nitrogen and oxygen atoms in total. The van der Waals surface area contributed by atoms with E-state index in [1.54, 1.807) is 30.3 Å². The van der Waals surface area contributed by atoms with Gasteiger partial charge in [0.15, 0.2) is 0 Å². The molecule has 2 amide bonds. The first kappa shape index (κ1) is 34.6. The number of halogens is 5. The number of nitrogens with zero attached hydrogens (tertiary/aromatic N) is 2. The van der Waals surface area contributed by atoms with Gasteiger partial charge in [0, 0.05) is 31.1 Å². The zero-order valence-corrected chi connectivity index (χ0v) is 22.7. The summed E-state index contributed by atoms with van der Waals surface area (Å²) in [4.78, 5) is 24.6. The summed E-state index contributed by atoms with van der Waals surface area (Å²) in [7, 11) is 0. The molecule has 2 atom stereocenters. The van der Waals surface area contributed by atoms with Crippen LogP contribution in [-0.4, -0.2) is 59.2 Å². The van der Waals surface area contributed by atoms with Crippen LogP contribution in [0.25, 0.3) is 0 Å². The highest BCUT2D eigenvalue weighted by Gasteiger charge is 2.31. The Bertz CT molecular complexity index is 1280. The fraction of sp³-hybridized carbons (Fsp3) is 0.308. The Balaban J connectivity index is 1.82. The fourth-order valence-electron chi connectivity index (χ4n) is 3.52. The Morgan fingerprint density at radius 2 is 1.63 bits per heavy atom. The van der Waals surface area contributed by atoms with Crippen molar-refractivity contribution in [2.45, 2.75) is 31.5 Å². The van der Waals surface area contributed by atoms with Gasteiger partial charge in [-0.2, -0.15) is 0 Å². The topological polar surface area (TPSA) is 198 Å². The molecule has 2 rings (SSSR count). The minimum atomic E-state index is -4.98. The van der Waals surface area contributed by atoms with Gasteiger partial charge in [0.25, 0.3) is 11.8 Å². The van der Waals surface area contributed by atoms with Crippen LogP contribution < -0.4 is 38.5 Å². The van der Waals surface area contributed by atoms with Crippen molar-refractivity contribution in [3.8, 4) is 5.75 Å². The van der Waals surface area contributed by atoms with Crippen LogP contribution in [0, 0.1) is 5.82 Å². The summed E-state index contributed by atoms with van der Waals surface area (Å²) in [6, 6.07) is 10.2. The third-order valence-electron chi connectivity index (χ3n) is 5.62. The zero-order valence-electron chi connectivity index (χ0n) is 22.7. The average molecular weight is 617 g/mol. The summed E-state index contributed by atoms with van der Waals surface area (Å²) in [6.07, 6.45) is -4.72. The lowest BCUT2D eigenvalue weighted by Gasteiger charge is -2.21. The lowest BCUT2D eigenvalue weighted by atomic mass is 10.1. The molecular formula is C26H33F5N8O4. The fourth-order valence-corrected chi connectivity index (χ4v) is 3.52. The van der Waals surface area contributed by atoms with Crippen LogP contribution in [0.15, 0.2) is 72.3 Å². The molecule has 2 unspecified atom stereocenters. The molecule has 0 saturated carbocycles. The Morgan fingerprint density at radius 1 is 1.00 bits per heavy atom. The van der Waals surface area contributed by atoms with Gasteiger partial charge in [-0.15, -0.1) is 13.2 Å². The number of ether oxygens (including phenoxy) is 1. The SMILES string of the molecule is N/C(=C\N(N)CCC(F)CN(N)/C=C(\N)C(=O)NC(CO)c1ccccc1)C(=O)NCc1cc(OC(F)(F)F)ccc1F. The lowest BCUT2D eigenvalue weighted by Crippen LogP contribution is -2.39. The first-order valence-electron chi connectivity index (χ1n) is 12.6. The molecule has 0 saturated heterocycles. The Hall–Kier alpha value is -4.61. The monoisotopic (exact) mass is 616 g/mol. The molecule has 0 aromatic heterocycles. The standard InChI is InChI=1S/C26H33F5N8O4/c27-18(12-39(35)14-22(33)25(42)37-23(15-40)16-4-2-1-3-5-16)8-9-38(34)13-21(32)24(41)36-11-17-10-19(6-7-20(17)28)43-26(29,30)31/h1-7,10,13-14,18,23,40H,8-9,11-12,15,32-35H2,(H,36,41)(H,37,42)/b21-13-,22-14-. The number of hydrogen-bond acceptors (Lipinski definition) is 10. The Labute approximate surface area is 243 Å². The van der Waals surface area contributed by atoms with E-state index in [9.17, 15) is 36.6 Å². The van der Waals surface area contributed by atoms with Crippen LogP contribution in [0.3, 0.4) is 0 Å². The molecule has 0 aliphatic carbocycles. The van der Waals surface area contributed by atoms with Crippen molar-refractivity contribution in [2.24, 2.45) is 23.2 Å². The van der Waals surface area contributed by atoms with Crippen molar-refractivity contribution >= 4 is 11.8 Å². The summed E-state index contributed by atoms with van der Waals surface area (Å²) in [5.41, 5.74) is 11.0. The van der Waals surface area contributed by atoms with E-state index in [0.717, 1.165) is 40.6 Å². The molecular weight excluding hydrogens is 583 g/mol. The van der Waals surface area contributed by atoms with Gasteiger partial charge in [-0.3, -0.25) is 9.59 Å². The number of nitrogens with one attached hydrogen (secondary N) is 2. The van der Waals surface area contributed by atoms with Crippen molar-refractivity contribution in [2.75, 3.05) is 19.7 Å². The minimum Gasteiger partial charge on any atom is -0.406 e. The summed E-state index contributed by atoms with van der Waals surface area (Å²) in [5, 5.41) is 16.1. The highest BCUT2D eigenvalue weighted by molar-refractivity contribution is 5.92. The van der Waals surface area contributed by atoms with Crippen LogP contribution in [0.5, 0.6) is 5.75 Å². The van der Waals surface area contributed by atoms with Gasteiger partial charge in [-0.05, 0) is 30.2 Å². The molecule has 0 spiro atoms. The molecule has 11 N–H and O–H groups in total. The number of hydrogen-bond donors (Lipinski definition) is 7. The van der Waals surface area contributed by atoms with Gasteiger partial charge in [0.1, 0.15) is 29.1 Å². The molecule has 0 fully saturated rings. The number of amides is 2. The second-order valence-electron chi connectivity index (χ2n) is 9.09. The summed E-state index contributed by atoms with van der Waals surface area (Å²) < 4.78 is 69.3. The highest BCUT2D eigenvalue weighted by Crippen LogP contribution is 2.24. The summed E-state index contributed by atoms with van der Waals surface area (Å²) >= 11 is 0. The highest BCUT2D eigenvalue weighted by atomic mass is 19.4. The van der Waals surface area contributed by atoms with E-state index in [-0.39, 0.29) is 37.4 Å². The number of carbonyl (C=O) groups excluding carboxylic acids is 2. The van der Waals surface area contributed by atoms with Gasteiger partial charge in [-0.1, -0.05) is 30.3 Å². The maximum atomic E-state index is 14.5. The predicted octanol–water partition coefficient (Wildman–Crippen LogP) is 0.870. The van der Waals surface area contributed by atoms with Crippen molar-refractivity contribution in [1.29, 1.82) is 0 Å². The van der Waals surface area contributed by atoms with Crippen molar-refractivity contribution in [3.63, 3.8) is 0 Å². The maximum absolute atomic E-state index is 14.5. The molecule has 0 radical (unpaired) electrons. The van der Waals surface area contributed by atoms with Gasteiger partial charge >= 0.3 is 6.36 Å². The molecule has 2 aromatic carbocycles. The summed E-state index contributed by atoms with van der Waals surface area (Å²) in [5.74, 6) is 8.25. The first-order chi connectivity index (χ1) is 20.2. The zero-order chi connectivity index (χ0) is 32.2. The molecule has 0 bridgehead atoms. The smallest absolute Gasteiger partial charge is 0.406 e. The van der Waals surface area contributed by atoms with Gasteiger partial charge in [0.05, 0.1) is 19.2 Å². The number of rotatable bonds is 15. The molecule has 0 aliphatic rings. The van der Waals surface area contributed by atoms with Crippen LogP contribution in [0.1, 0.15) is 23.6 Å². The number of aliphatic hydroxyl groups is 1. The van der Waals surface area contributed by atoms with Gasteiger partial charge in [-0.25, -0.2) is 20.5 Å². The molecule has 2 aromatic rings. The van der Waals surface area contributed by atoms with Gasteiger partial charge in [0.2, 0.25) is 0 Å². The largest absolute Gasteiger partial charge is 0.573 e. The van der Waals surface area contributed by atoms with E-state index < -0.39 is 54.2 Å². The maximum Gasteiger partial charge on any atom is 0.573 e. The number of nitrogens with two attached hydrogens (primary N) is 4. The van der Waals surface area contributed by atoms with Crippen molar-refractivity contribution < 1.29 is 41.4 Å². The molecule has 43 heavy (non-hydrogen) atoms. The molecule has 236 valence electrons. The normalized spacial score (nSPS) is 13.6. The first-order valence-corrected chi connectivity index (χ1v) is 12.6. The number of alkyl halides is 4. The molecule has 0 aliphatic heterocycles. The van der Waals surface area contributed by atoms with Gasteiger partial charge < -0.3 is 42.0 Å². The number of benzene rings is 2. The van der Waals surface area contributed by atoms with E-state index in [0.29, 0.717) is 5.56 Å². The van der Waals surface area contributed by atoms with E-state index >= 15 is 0 Å². The van der Waals surface area contributed by atoms with E-state index in [4.69, 9.17) is 23.2 Å². The summed E-state index contributed by atoms with van der Waals surface area (Å²) in [6.45, 7) is -1.42. The van der Waals surface area contributed by atoms with Crippen LogP contribution in [0.2, 0.25) is 0 Å². The van der Waals surface area contributed by atoms with Crippen molar-refractivity contribution in [1.82, 2.24) is 20.7 Å². The van der Waals surface area contributed by atoms with Crippen molar-refractivity contribution in [3.05, 3.63) is 89.3 Å². The van der Waals surface area contributed by atoms with Crippen LogP contribution >= 0.6 is 0 Å². The van der Waals surface area contributed by atoms with E-state index in [2.05, 4.69) is 15.4 Å². The number of carbonyl (C=O) groups is 2. The Morgan fingerprint density at radius 3 is 2.26 bits per heavy atom. The van der Waals surface area contributed by atoms with E-state index in [1.165, 1.54) is 0 Å². The predicted molar refractivity (Wildman–Crippen MR) is 145 cm³/mol. The Kier molecular flexibility index (Phi) is 13.0. The third-order valence-corrected chi connectivity index (χ3v) is 5.62. The average Bonchev–Trinajstić information content (AvgIpc) is 2.94. The molecule has 17 heteroatoms.